The summed E-state index contributed by atoms with van der Waals surface area (Å²) >= 11 is 6.00. The number of benzene rings is 2. The Labute approximate surface area is 183 Å². The number of azo groups is 1. The molecule has 2 aromatic rings. The Morgan fingerprint density at radius 3 is 2.37 bits per heavy atom. The predicted molar refractivity (Wildman–Crippen MR) is 94.8 cm³/mol. The number of nitrogens with zero attached hydrogens (tertiary/aromatic N) is 4. The van der Waals surface area contributed by atoms with Crippen LogP contribution in [0.3, 0.4) is 0 Å². The van der Waals surface area contributed by atoms with E-state index in [-0.39, 0.29) is 34.5 Å². The quantitative estimate of drug-likeness (QED) is 0.401. The molecule has 8 nitrogen and oxygen atoms in total. The van der Waals surface area contributed by atoms with Gasteiger partial charge in [-0.15, -0.1) is 0 Å². The number of anilines is 1. The second-order valence-corrected chi connectivity index (χ2v) is 7.20. The second-order valence-electron chi connectivity index (χ2n) is 5.41. The fraction of sp³-hybridized carbons (Fsp3) is 0.125. The maximum absolute atomic E-state index is 12.5. The van der Waals surface area contributed by atoms with Crippen LogP contribution < -0.4 is 34.6 Å². The molecule has 2 aromatic carbocycles. The minimum absolute atomic E-state index is 0. The Bertz CT molecular complexity index is 1020. The molecule has 0 fully saturated rings. The van der Waals surface area contributed by atoms with Crippen LogP contribution in [0.5, 0.6) is 0 Å². The smallest absolute Gasteiger partial charge is 0.744 e. The second kappa shape index (κ2) is 8.59. The van der Waals surface area contributed by atoms with Gasteiger partial charge in [-0.05, 0) is 43.3 Å². The van der Waals surface area contributed by atoms with Crippen molar-refractivity contribution in [1.29, 1.82) is 0 Å². The molecule has 0 spiro atoms. The molecule has 1 aliphatic heterocycles. The van der Waals surface area contributed by atoms with E-state index in [0.29, 0.717) is 22.1 Å². The first-order valence-electron chi connectivity index (χ1n) is 7.38. The molecule has 27 heavy (non-hydrogen) atoms. The van der Waals surface area contributed by atoms with Crippen LogP contribution in [0.1, 0.15) is 6.92 Å². The SMILES string of the molecule is CC1=NN(c2ccc(S(=O)(=O)[O-])cc2)C(=O)C1N=Nc1ccccc1Cl.[Na+]. The van der Waals surface area contributed by atoms with Gasteiger partial charge in [0.1, 0.15) is 15.8 Å². The average molecular weight is 415 g/mol. The summed E-state index contributed by atoms with van der Waals surface area (Å²) in [6, 6.07) is 10.8. The number of carbonyl (C=O) groups is 1. The molecule has 0 aromatic heterocycles. The molecule has 11 heteroatoms. The number of rotatable bonds is 4. The summed E-state index contributed by atoms with van der Waals surface area (Å²) in [5.41, 5.74) is 1.17. The summed E-state index contributed by atoms with van der Waals surface area (Å²) < 4.78 is 32.9. The van der Waals surface area contributed by atoms with Crippen molar-refractivity contribution in [3.8, 4) is 0 Å². The van der Waals surface area contributed by atoms with Crippen LogP contribution in [0.4, 0.5) is 11.4 Å². The first kappa shape index (κ1) is 21.7. The number of hydrazone groups is 1. The summed E-state index contributed by atoms with van der Waals surface area (Å²) in [6.45, 7) is 1.63. The van der Waals surface area contributed by atoms with Gasteiger partial charge in [0.25, 0.3) is 5.91 Å². The van der Waals surface area contributed by atoms with E-state index in [1.165, 1.54) is 12.1 Å². The molecule has 0 saturated heterocycles. The Balaban J connectivity index is 0.00000261. The van der Waals surface area contributed by atoms with Gasteiger partial charge >= 0.3 is 29.6 Å². The van der Waals surface area contributed by atoms with Gasteiger partial charge in [0.2, 0.25) is 0 Å². The van der Waals surface area contributed by atoms with E-state index in [1.54, 1.807) is 31.2 Å². The van der Waals surface area contributed by atoms with Crippen LogP contribution in [-0.2, 0) is 14.9 Å². The van der Waals surface area contributed by atoms with Crippen molar-refractivity contribution < 1.29 is 47.3 Å². The molecule has 1 unspecified atom stereocenters. The zero-order valence-corrected chi connectivity index (χ0v) is 18.0. The van der Waals surface area contributed by atoms with E-state index in [4.69, 9.17) is 11.6 Å². The largest absolute Gasteiger partial charge is 1.00 e. The Hall–Kier alpha value is -1.62. The molecule has 0 bridgehead atoms. The monoisotopic (exact) mass is 414 g/mol. The first-order valence-corrected chi connectivity index (χ1v) is 9.16. The summed E-state index contributed by atoms with van der Waals surface area (Å²) in [7, 11) is -4.56. The van der Waals surface area contributed by atoms with Crippen LogP contribution in [0.25, 0.3) is 0 Å². The van der Waals surface area contributed by atoms with Crippen molar-refractivity contribution in [2.45, 2.75) is 17.9 Å². The van der Waals surface area contributed by atoms with Crippen LogP contribution in [-0.4, -0.2) is 30.6 Å². The van der Waals surface area contributed by atoms with Gasteiger partial charge in [-0.1, -0.05) is 23.7 Å². The molecule has 0 radical (unpaired) electrons. The zero-order chi connectivity index (χ0) is 18.9. The molecular weight excluding hydrogens is 403 g/mol. The molecule has 0 saturated carbocycles. The first-order chi connectivity index (χ1) is 12.3. The minimum atomic E-state index is -4.56. The van der Waals surface area contributed by atoms with Gasteiger partial charge in [0, 0.05) is 0 Å². The third-order valence-electron chi connectivity index (χ3n) is 3.60. The van der Waals surface area contributed by atoms with Crippen molar-refractivity contribution in [2.75, 3.05) is 5.01 Å². The molecular formula is C16H12ClN4NaO4S. The van der Waals surface area contributed by atoms with Crippen LogP contribution in [0.15, 0.2) is 68.8 Å². The van der Waals surface area contributed by atoms with E-state index in [1.807, 2.05) is 0 Å². The molecule has 134 valence electrons. The molecule has 1 atom stereocenters. The van der Waals surface area contributed by atoms with E-state index < -0.39 is 22.1 Å². The molecule has 1 amide bonds. The molecule has 1 heterocycles. The minimum Gasteiger partial charge on any atom is -0.744 e. The van der Waals surface area contributed by atoms with E-state index in [9.17, 15) is 17.8 Å². The fourth-order valence-corrected chi connectivity index (χ4v) is 2.92. The number of hydrogen-bond acceptors (Lipinski definition) is 7. The normalized spacial score (nSPS) is 17.1. The predicted octanol–water partition coefficient (Wildman–Crippen LogP) is 0.123. The topological polar surface area (TPSA) is 115 Å². The van der Waals surface area contributed by atoms with Gasteiger partial charge in [-0.2, -0.15) is 20.3 Å². The van der Waals surface area contributed by atoms with Crippen LogP contribution in [0, 0.1) is 0 Å². The van der Waals surface area contributed by atoms with Gasteiger partial charge in [0.15, 0.2) is 6.04 Å². The van der Waals surface area contributed by atoms with Gasteiger partial charge in [-0.25, -0.2) is 8.42 Å². The zero-order valence-electron chi connectivity index (χ0n) is 14.4. The Morgan fingerprint density at radius 1 is 1.15 bits per heavy atom. The van der Waals surface area contributed by atoms with E-state index >= 15 is 0 Å². The number of hydrogen-bond donors (Lipinski definition) is 0. The fourth-order valence-electron chi connectivity index (χ4n) is 2.28. The van der Waals surface area contributed by atoms with E-state index in [0.717, 1.165) is 17.1 Å². The van der Waals surface area contributed by atoms with Crippen molar-refractivity contribution in [3.05, 3.63) is 53.6 Å². The summed E-state index contributed by atoms with van der Waals surface area (Å²) in [6.07, 6.45) is 0. The van der Waals surface area contributed by atoms with Crippen molar-refractivity contribution in [3.63, 3.8) is 0 Å². The van der Waals surface area contributed by atoms with Crippen molar-refractivity contribution >= 4 is 44.7 Å². The Morgan fingerprint density at radius 2 is 1.78 bits per heavy atom. The molecule has 0 aliphatic carbocycles. The third kappa shape index (κ3) is 4.81. The van der Waals surface area contributed by atoms with Crippen molar-refractivity contribution in [2.24, 2.45) is 15.3 Å². The van der Waals surface area contributed by atoms with E-state index in [2.05, 4.69) is 15.3 Å². The average Bonchev–Trinajstić information content (AvgIpc) is 2.88. The van der Waals surface area contributed by atoms with Crippen LogP contribution in [0.2, 0.25) is 5.02 Å². The molecule has 0 N–H and O–H groups in total. The maximum atomic E-state index is 12.5. The Kier molecular flexibility index (Phi) is 6.90. The third-order valence-corrected chi connectivity index (χ3v) is 4.77. The summed E-state index contributed by atoms with van der Waals surface area (Å²) in [5, 5.41) is 13.7. The number of halogens is 1. The van der Waals surface area contributed by atoms with Gasteiger partial charge in [-0.3, -0.25) is 4.79 Å². The molecule has 3 rings (SSSR count). The standard InChI is InChI=1S/C16H13ClN4O4S.Na/c1-10-15(19-18-14-5-3-2-4-13(14)17)16(22)21(20-10)11-6-8-12(9-7-11)26(23,24)25;/h2-9,15H,1H3,(H,23,24,25);/q;+1/p-1. The van der Waals surface area contributed by atoms with Crippen LogP contribution >= 0.6 is 11.6 Å². The summed E-state index contributed by atoms with van der Waals surface area (Å²) in [5.74, 6) is -0.448. The van der Waals surface area contributed by atoms with Crippen molar-refractivity contribution in [1.82, 2.24) is 0 Å². The summed E-state index contributed by atoms with van der Waals surface area (Å²) in [4.78, 5) is 12.2. The number of carbonyl (C=O) groups excluding carboxylic acids is 1. The maximum Gasteiger partial charge on any atom is 1.00 e. The van der Waals surface area contributed by atoms with Gasteiger partial charge in [0.05, 0.1) is 21.3 Å². The molecule has 1 aliphatic rings. The number of amides is 1. The van der Waals surface area contributed by atoms with Gasteiger partial charge < -0.3 is 4.55 Å².